The highest BCUT2D eigenvalue weighted by Crippen LogP contribution is 2.31. The van der Waals surface area contributed by atoms with E-state index in [9.17, 15) is 0 Å². The first kappa shape index (κ1) is 9.03. The Morgan fingerprint density at radius 2 is 2.09 bits per heavy atom. The van der Waals surface area contributed by atoms with Crippen LogP contribution in [0, 0.1) is 0 Å². The molecular weight excluding hydrogens is 210 g/mol. The molecule has 0 atom stereocenters. The van der Waals surface area contributed by atoms with Gasteiger partial charge in [0.1, 0.15) is 0 Å². The van der Waals surface area contributed by atoms with E-state index in [4.69, 9.17) is 34.8 Å². The summed E-state index contributed by atoms with van der Waals surface area (Å²) >= 11 is 16.6. The van der Waals surface area contributed by atoms with E-state index in [2.05, 4.69) is 15.5 Å². The maximum atomic E-state index is 5.54. The van der Waals surface area contributed by atoms with E-state index in [1.807, 2.05) is 6.92 Å². The smallest absolute Gasteiger partial charge is 0.180 e. The van der Waals surface area contributed by atoms with Gasteiger partial charge in [0.15, 0.2) is 5.82 Å². The van der Waals surface area contributed by atoms with Crippen molar-refractivity contribution in [2.75, 3.05) is 0 Å². The van der Waals surface area contributed by atoms with Crippen LogP contribution in [0.1, 0.15) is 12.7 Å². The van der Waals surface area contributed by atoms with Gasteiger partial charge in [0, 0.05) is 6.42 Å². The number of aryl methyl sites for hydroxylation is 1. The highest BCUT2D eigenvalue weighted by molar-refractivity contribution is 6.64. The molecule has 0 saturated carbocycles. The van der Waals surface area contributed by atoms with Gasteiger partial charge >= 0.3 is 0 Å². The Morgan fingerprint density at radius 1 is 1.45 bits per heavy atom. The molecule has 0 aliphatic carbocycles. The number of hydrogen-bond donors (Lipinski definition) is 0. The van der Waals surface area contributed by atoms with Gasteiger partial charge in [-0.15, -0.1) is 5.10 Å². The lowest BCUT2D eigenvalue weighted by molar-refractivity contribution is 0.610. The molecule has 0 bridgehead atoms. The van der Waals surface area contributed by atoms with Gasteiger partial charge in [0.2, 0.25) is 0 Å². The molecule has 0 saturated heterocycles. The van der Waals surface area contributed by atoms with Gasteiger partial charge in [0.25, 0.3) is 3.92 Å². The highest BCUT2D eigenvalue weighted by Gasteiger charge is 2.26. The normalized spacial score (nSPS) is 12.0. The third kappa shape index (κ3) is 1.95. The number of alkyl halides is 3. The lowest BCUT2D eigenvalue weighted by Gasteiger charge is -2.10. The summed E-state index contributed by atoms with van der Waals surface area (Å²) in [6.45, 7) is 1.87. The van der Waals surface area contributed by atoms with Gasteiger partial charge in [-0.05, 0) is 10.4 Å². The van der Waals surface area contributed by atoms with Crippen molar-refractivity contribution in [2.24, 2.45) is 0 Å². The van der Waals surface area contributed by atoms with Crippen LogP contribution in [0.3, 0.4) is 0 Å². The lowest BCUT2D eigenvalue weighted by Crippen LogP contribution is -2.17. The number of aromatic nitrogens is 4. The summed E-state index contributed by atoms with van der Waals surface area (Å²) in [5.41, 5.74) is 0. The molecule has 0 aliphatic heterocycles. The van der Waals surface area contributed by atoms with Gasteiger partial charge in [-0.2, -0.15) is 4.68 Å². The molecule has 4 nitrogen and oxygen atoms in total. The fourth-order valence-corrected chi connectivity index (χ4v) is 1.02. The quantitative estimate of drug-likeness (QED) is 0.667. The molecular formula is C4H5Cl3N4. The Bertz CT molecular complexity index is 240. The standard InChI is InChI=1S/C4H5Cl3N4/c1-2-3-8-9-10-11(3)4(5,6)7/h2H2,1H3. The van der Waals surface area contributed by atoms with Crippen LogP contribution in [-0.2, 0) is 10.3 Å². The number of hydrogen-bond acceptors (Lipinski definition) is 3. The minimum absolute atomic E-state index is 0.546. The fourth-order valence-electron chi connectivity index (χ4n) is 0.623. The Morgan fingerprint density at radius 3 is 2.45 bits per heavy atom. The Balaban J connectivity index is 3.02. The average molecular weight is 215 g/mol. The average Bonchev–Trinajstić information content (AvgIpc) is 2.31. The summed E-state index contributed by atoms with van der Waals surface area (Å²) in [5, 5.41) is 10.5. The van der Waals surface area contributed by atoms with Crippen LogP contribution in [0.5, 0.6) is 0 Å². The van der Waals surface area contributed by atoms with Crippen molar-refractivity contribution in [2.45, 2.75) is 17.3 Å². The van der Waals surface area contributed by atoms with Crippen molar-refractivity contribution >= 4 is 34.8 Å². The molecule has 1 rings (SSSR count). The summed E-state index contributed by atoms with van der Waals surface area (Å²) in [5.74, 6) is 0.546. The molecule has 7 heteroatoms. The molecule has 0 radical (unpaired) electrons. The zero-order chi connectivity index (χ0) is 8.48. The molecule has 11 heavy (non-hydrogen) atoms. The second kappa shape index (κ2) is 3.13. The molecule has 1 aromatic rings. The summed E-state index contributed by atoms with van der Waals surface area (Å²) in [4.78, 5) is 0. The molecule has 0 unspecified atom stereocenters. The predicted octanol–water partition coefficient (Wildman–Crippen LogP) is 1.52. The summed E-state index contributed by atoms with van der Waals surface area (Å²) in [7, 11) is 0. The van der Waals surface area contributed by atoms with E-state index in [0.717, 1.165) is 4.68 Å². The predicted molar refractivity (Wildman–Crippen MR) is 42.7 cm³/mol. The van der Waals surface area contributed by atoms with Crippen LogP contribution in [-0.4, -0.2) is 20.2 Å². The largest absolute Gasteiger partial charge is 0.289 e. The van der Waals surface area contributed by atoms with Gasteiger partial charge in [-0.25, -0.2) is 0 Å². The van der Waals surface area contributed by atoms with Crippen molar-refractivity contribution in [1.29, 1.82) is 0 Å². The van der Waals surface area contributed by atoms with E-state index >= 15 is 0 Å². The number of tetrazole rings is 1. The van der Waals surface area contributed by atoms with Crippen molar-refractivity contribution in [3.63, 3.8) is 0 Å². The Kier molecular flexibility index (Phi) is 2.57. The molecule has 0 N–H and O–H groups in total. The van der Waals surface area contributed by atoms with Crippen molar-refractivity contribution in [3.8, 4) is 0 Å². The van der Waals surface area contributed by atoms with Crippen LogP contribution in [0.4, 0.5) is 0 Å². The minimum atomic E-state index is -1.59. The van der Waals surface area contributed by atoms with E-state index in [1.54, 1.807) is 0 Å². The third-order valence-electron chi connectivity index (χ3n) is 1.09. The van der Waals surface area contributed by atoms with Crippen LogP contribution >= 0.6 is 34.8 Å². The molecule has 62 valence electrons. The number of rotatable bonds is 1. The molecule has 0 aliphatic rings. The van der Waals surface area contributed by atoms with E-state index in [-0.39, 0.29) is 0 Å². The van der Waals surface area contributed by atoms with Crippen LogP contribution in [0.25, 0.3) is 0 Å². The first-order valence-corrected chi connectivity index (χ1v) is 4.03. The molecule has 0 spiro atoms. The van der Waals surface area contributed by atoms with Crippen LogP contribution in [0.2, 0.25) is 0 Å². The lowest BCUT2D eigenvalue weighted by atomic mass is 10.5. The number of halogens is 3. The van der Waals surface area contributed by atoms with E-state index < -0.39 is 3.92 Å². The van der Waals surface area contributed by atoms with E-state index in [1.165, 1.54) is 0 Å². The van der Waals surface area contributed by atoms with Crippen molar-refractivity contribution in [3.05, 3.63) is 5.82 Å². The van der Waals surface area contributed by atoms with Gasteiger partial charge in [-0.3, -0.25) is 0 Å². The second-order valence-electron chi connectivity index (χ2n) is 1.83. The molecule has 0 aromatic carbocycles. The topological polar surface area (TPSA) is 43.6 Å². The highest BCUT2D eigenvalue weighted by atomic mass is 35.6. The SMILES string of the molecule is CCc1nnnn1C(Cl)(Cl)Cl. The van der Waals surface area contributed by atoms with Crippen molar-refractivity contribution in [1.82, 2.24) is 20.2 Å². The summed E-state index contributed by atoms with van der Waals surface area (Å²) in [6.07, 6.45) is 0.626. The first-order chi connectivity index (χ1) is 5.05. The first-order valence-electron chi connectivity index (χ1n) is 2.90. The van der Waals surface area contributed by atoms with Gasteiger partial charge in [0.05, 0.1) is 0 Å². The zero-order valence-electron chi connectivity index (χ0n) is 5.63. The summed E-state index contributed by atoms with van der Waals surface area (Å²) in [6, 6.07) is 0. The monoisotopic (exact) mass is 214 g/mol. The fraction of sp³-hybridized carbons (Fsp3) is 0.750. The summed E-state index contributed by atoms with van der Waals surface area (Å²) < 4.78 is -0.438. The molecule has 1 heterocycles. The molecule has 0 fully saturated rings. The maximum absolute atomic E-state index is 5.54. The third-order valence-corrected chi connectivity index (χ3v) is 1.57. The minimum Gasteiger partial charge on any atom is -0.180 e. The van der Waals surface area contributed by atoms with Crippen LogP contribution in [0.15, 0.2) is 0 Å². The zero-order valence-corrected chi connectivity index (χ0v) is 7.90. The maximum Gasteiger partial charge on any atom is 0.289 e. The van der Waals surface area contributed by atoms with Crippen LogP contribution < -0.4 is 0 Å². The Hall–Kier alpha value is -0.0600. The van der Waals surface area contributed by atoms with Gasteiger partial charge in [-0.1, -0.05) is 41.7 Å². The molecule has 1 aromatic heterocycles. The second-order valence-corrected chi connectivity index (χ2v) is 4.05. The Labute approximate surface area is 78.4 Å². The number of nitrogens with zero attached hydrogens (tertiary/aromatic N) is 4. The van der Waals surface area contributed by atoms with E-state index in [0.29, 0.717) is 12.2 Å². The van der Waals surface area contributed by atoms with Crippen molar-refractivity contribution < 1.29 is 0 Å². The van der Waals surface area contributed by atoms with Gasteiger partial charge < -0.3 is 0 Å². The molecule has 0 amide bonds.